The second kappa shape index (κ2) is 9.18. The maximum Gasteiger partial charge on any atom is 0.170 e. The highest BCUT2D eigenvalue weighted by molar-refractivity contribution is 7.98. The molecule has 0 aromatic heterocycles. The zero-order chi connectivity index (χ0) is 16.7. The Morgan fingerprint density at radius 1 is 1.35 bits per heavy atom. The number of carbonyl (C=O) groups excluding carboxylic acids is 1. The molecule has 1 aromatic rings. The molecule has 1 aliphatic heterocycles. The number of piperidine rings is 1. The second-order valence-corrected chi connectivity index (χ2v) is 6.90. The molecule has 2 rings (SSSR count). The van der Waals surface area contributed by atoms with Crippen LogP contribution >= 0.6 is 11.8 Å². The Kier molecular flexibility index (Phi) is 7.24. The number of Topliss-reactive ketones (excluding diaryl/α,β-unsaturated/α-hetero) is 1. The molecule has 0 aliphatic carbocycles. The molecule has 0 radical (unpaired) electrons. The molecule has 1 atom stereocenters. The van der Waals surface area contributed by atoms with E-state index in [2.05, 4.69) is 11.2 Å². The SMILES string of the molecule is COc1ccc(C(=O)[C@@H]2CCCN(CCCSC)C2)c(OC)c1. The number of thioether (sulfide) groups is 1. The van der Waals surface area contributed by atoms with Crippen LogP contribution in [0.25, 0.3) is 0 Å². The van der Waals surface area contributed by atoms with Crippen LogP contribution in [-0.4, -0.2) is 56.5 Å². The van der Waals surface area contributed by atoms with Crippen LogP contribution in [0.5, 0.6) is 11.5 Å². The fraction of sp³-hybridized carbons (Fsp3) is 0.611. The average Bonchev–Trinajstić information content (AvgIpc) is 2.61. The number of ketones is 1. The van der Waals surface area contributed by atoms with E-state index in [0.29, 0.717) is 17.1 Å². The molecule has 0 spiro atoms. The van der Waals surface area contributed by atoms with Gasteiger partial charge in [-0.15, -0.1) is 0 Å². The number of rotatable bonds is 8. The van der Waals surface area contributed by atoms with Crippen molar-refractivity contribution in [2.45, 2.75) is 19.3 Å². The molecular formula is C18H27NO3S. The van der Waals surface area contributed by atoms with Crippen molar-refractivity contribution in [2.75, 3.05) is 45.9 Å². The fourth-order valence-electron chi connectivity index (χ4n) is 3.13. The van der Waals surface area contributed by atoms with Gasteiger partial charge in [-0.05, 0) is 56.5 Å². The van der Waals surface area contributed by atoms with E-state index in [1.807, 2.05) is 23.9 Å². The molecule has 1 saturated heterocycles. The van der Waals surface area contributed by atoms with Gasteiger partial charge in [0.05, 0.1) is 19.8 Å². The molecule has 0 saturated carbocycles. The molecule has 1 fully saturated rings. The maximum atomic E-state index is 12.9. The van der Waals surface area contributed by atoms with Gasteiger partial charge >= 0.3 is 0 Å². The summed E-state index contributed by atoms with van der Waals surface area (Å²) in [6.45, 7) is 3.06. The summed E-state index contributed by atoms with van der Waals surface area (Å²) in [6, 6.07) is 5.44. The van der Waals surface area contributed by atoms with Crippen molar-refractivity contribution < 1.29 is 14.3 Å². The first-order valence-electron chi connectivity index (χ1n) is 8.17. The normalized spacial score (nSPS) is 18.7. The minimum Gasteiger partial charge on any atom is -0.497 e. The van der Waals surface area contributed by atoms with Gasteiger partial charge in [0.25, 0.3) is 0 Å². The standard InChI is InChI=1S/C18H27NO3S/c1-21-15-7-8-16(17(12-15)22-2)18(20)14-6-4-9-19(13-14)10-5-11-23-3/h7-8,12,14H,4-6,9-11,13H2,1-3H3/t14-/m1/s1. The van der Waals surface area contributed by atoms with Crippen molar-refractivity contribution in [1.29, 1.82) is 0 Å². The van der Waals surface area contributed by atoms with Crippen LogP contribution in [-0.2, 0) is 0 Å². The van der Waals surface area contributed by atoms with Gasteiger partial charge in [0.15, 0.2) is 5.78 Å². The van der Waals surface area contributed by atoms with Crippen LogP contribution in [0.4, 0.5) is 0 Å². The van der Waals surface area contributed by atoms with E-state index >= 15 is 0 Å². The van der Waals surface area contributed by atoms with Gasteiger partial charge in [0.1, 0.15) is 11.5 Å². The Labute approximate surface area is 143 Å². The third-order valence-corrected chi connectivity index (χ3v) is 5.07. The summed E-state index contributed by atoms with van der Waals surface area (Å²) in [5, 5.41) is 0. The number of likely N-dealkylation sites (tertiary alicyclic amines) is 1. The fourth-order valence-corrected chi connectivity index (χ4v) is 3.54. The third-order valence-electron chi connectivity index (χ3n) is 4.37. The van der Waals surface area contributed by atoms with Gasteiger partial charge in [-0.3, -0.25) is 4.79 Å². The Hall–Kier alpha value is -1.20. The summed E-state index contributed by atoms with van der Waals surface area (Å²) in [5.41, 5.74) is 0.671. The Balaban J connectivity index is 2.04. The summed E-state index contributed by atoms with van der Waals surface area (Å²) < 4.78 is 10.6. The van der Waals surface area contributed by atoms with Crippen molar-refractivity contribution in [3.05, 3.63) is 23.8 Å². The molecule has 1 aliphatic rings. The lowest BCUT2D eigenvalue weighted by molar-refractivity contribution is 0.0817. The molecule has 1 aromatic carbocycles. The van der Waals surface area contributed by atoms with E-state index in [4.69, 9.17) is 9.47 Å². The average molecular weight is 337 g/mol. The molecule has 128 valence electrons. The highest BCUT2D eigenvalue weighted by Crippen LogP contribution is 2.29. The molecule has 0 bridgehead atoms. The molecular weight excluding hydrogens is 310 g/mol. The number of carbonyl (C=O) groups is 1. The quantitative estimate of drug-likeness (QED) is 0.537. The monoisotopic (exact) mass is 337 g/mol. The summed E-state index contributed by atoms with van der Waals surface area (Å²) in [4.78, 5) is 15.3. The van der Waals surface area contributed by atoms with E-state index in [-0.39, 0.29) is 11.7 Å². The van der Waals surface area contributed by atoms with E-state index in [9.17, 15) is 4.79 Å². The highest BCUT2D eigenvalue weighted by atomic mass is 32.2. The highest BCUT2D eigenvalue weighted by Gasteiger charge is 2.28. The second-order valence-electron chi connectivity index (χ2n) is 5.92. The van der Waals surface area contributed by atoms with Crippen LogP contribution in [0.1, 0.15) is 29.6 Å². The number of ether oxygens (including phenoxy) is 2. The number of methoxy groups -OCH3 is 2. The Morgan fingerprint density at radius 2 is 2.17 bits per heavy atom. The van der Waals surface area contributed by atoms with Crippen molar-refractivity contribution in [3.8, 4) is 11.5 Å². The topological polar surface area (TPSA) is 38.8 Å². The van der Waals surface area contributed by atoms with Gasteiger partial charge in [0, 0.05) is 18.5 Å². The van der Waals surface area contributed by atoms with Gasteiger partial charge in [0.2, 0.25) is 0 Å². The molecule has 1 heterocycles. The largest absolute Gasteiger partial charge is 0.497 e. The van der Waals surface area contributed by atoms with Crippen molar-refractivity contribution >= 4 is 17.5 Å². The van der Waals surface area contributed by atoms with Crippen LogP contribution in [0.3, 0.4) is 0 Å². The van der Waals surface area contributed by atoms with Crippen molar-refractivity contribution in [2.24, 2.45) is 5.92 Å². The molecule has 5 heteroatoms. The van der Waals surface area contributed by atoms with Crippen LogP contribution in [0.2, 0.25) is 0 Å². The van der Waals surface area contributed by atoms with E-state index < -0.39 is 0 Å². The van der Waals surface area contributed by atoms with E-state index in [1.165, 1.54) is 12.2 Å². The van der Waals surface area contributed by atoms with Crippen molar-refractivity contribution in [3.63, 3.8) is 0 Å². The zero-order valence-electron chi connectivity index (χ0n) is 14.3. The summed E-state index contributed by atoms with van der Waals surface area (Å²) in [6.07, 6.45) is 5.38. The molecule has 0 amide bonds. The first-order valence-corrected chi connectivity index (χ1v) is 9.56. The van der Waals surface area contributed by atoms with Crippen LogP contribution < -0.4 is 9.47 Å². The van der Waals surface area contributed by atoms with Crippen LogP contribution in [0, 0.1) is 5.92 Å². The summed E-state index contributed by atoms with van der Waals surface area (Å²) in [7, 11) is 3.21. The lowest BCUT2D eigenvalue weighted by atomic mass is 9.89. The summed E-state index contributed by atoms with van der Waals surface area (Å²) >= 11 is 1.88. The molecule has 23 heavy (non-hydrogen) atoms. The maximum absolute atomic E-state index is 12.9. The molecule has 4 nitrogen and oxygen atoms in total. The van der Waals surface area contributed by atoms with Gasteiger partial charge < -0.3 is 14.4 Å². The minimum atomic E-state index is 0.0697. The number of nitrogens with zero attached hydrogens (tertiary/aromatic N) is 1. The first-order chi connectivity index (χ1) is 11.2. The van der Waals surface area contributed by atoms with Gasteiger partial charge in [-0.1, -0.05) is 0 Å². The molecule has 0 N–H and O–H groups in total. The first kappa shape index (κ1) is 18.1. The predicted octanol–water partition coefficient (Wildman–Crippen LogP) is 3.35. The molecule has 0 unspecified atom stereocenters. The summed E-state index contributed by atoms with van der Waals surface area (Å²) in [5.74, 6) is 2.76. The number of benzene rings is 1. The Morgan fingerprint density at radius 3 is 2.87 bits per heavy atom. The lowest BCUT2D eigenvalue weighted by Crippen LogP contribution is -2.39. The number of hydrogen-bond acceptors (Lipinski definition) is 5. The van der Waals surface area contributed by atoms with Crippen molar-refractivity contribution in [1.82, 2.24) is 4.90 Å². The van der Waals surface area contributed by atoms with E-state index in [0.717, 1.165) is 32.5 Å². The number of hydrogen-bond donors (Lipinski definition) is 0. The zero-order valence-corrected chi connectivity index (χ0v) is 15.2. The lowest BCUT2D eigenvalue weighted by Gasteiger charge is -2.32. The van der Waals surface area contributed by atoms with Gasteiger partial charge in [-0.25, -0.2) is 0 Å². The van der Waals surface area contributed by atoms with Crippen LogP contribution in [0.15, 0.2) is 18.2 Å². The minimum absolute atomic E-state index is 0.0697. The third kappa shape index (κ3) is 4.88. The smallest absolute Gasteiger partial charge is 0.170 e. The Bertz CT molecular complexity index is 521. The van der Waals surface area contributed by atoms with Gasteiger partial charge in [-0.2, -0.15) is 11.8 Å². The predicted molar refractivity (Wildman–Crippen MR) is 96.0 cm³/mol. The van der Waals surface area contributed by atoms with E-state index in [1.54, 1.807) is 20.3 Å².